The number of carboxylic acids is 1. The van der Waals surface area contributed by atoms with Crippen LogP contribution in [0.5, 0.6) is 0 Å². The predicted molar refractivity (Wildman–Crippen MR) is 72.6 cm³/mol. The van der Waals surface area contributed by atoms with Crippen molar-refractivity contribution in [2.45, 2.75) is 45.6 Å². The molecule has 2 rings (SSSR count). The molecule has 1 N–H and O–H groups in total. The van der Waals surface area contributed by atoms with Gasteiger partial charge in [0.25, 0.3) is 0 Å². The van der Waals surface area contributed by atoms with Crippen molar-refractivity contribution < 1.29 is 14.7 Å². The number of carboxylic acid groups (broad SMARTS) is 1. The van der Waals surface area contributed by atoms with Gasteiger partial charge in [-0.3, -0.25) is 9.59 Å². The molecule has 0 aliphatic heterocycles. The van der Waals surface area contributed by atoms with Gasteiger partial charge in [-0.15, -0.1) is 0 Å². The molecule has 106 valence electrons. The van der Waals surface area contributed by atoms with Gasteiger partial charge in [-0.05, 0) is 31.6 Å². The van der Waals surface area contributed by atoms with Crippen LogP contribution in [0.3, 0.4) is 0 Å². The first kappa shape index (κ1) is 14.1. The van der Waals surface area contributed by atoms with Crippen LogP contribution in [-0.2, 0) is 9.59 Å². The lowest BCUT2D eigenvalue weighted by Crippen LogP contribution is -2.44. The molecule has 1 saturated carbocycles. The molecule has 0 spiro atoms. The average Bonchev–Trinajstić information content (AvgIpc) is 3.19. The molecule has 1 fully saturated rings. The quantitative estimate of drug-likeness (QED) is 0.776. The first-order valence-corrected chi connectivity index (χ1v) is 7.19. The van der Waals surface area contributed by atoms with E-state index in [1.807, 2.05) is 17.1 Å². The second-order valence-corrected chi connectivity index (χ2v) is 6.11. The summed E-state index contributed by atoms with van der Waals surface area (Å²) in [4.78, 5) is 25.9. The molecule has 2 unspecified atom stereocenters. The first-order valence-electron chi connectivity index (χ1n) is 7.19. The summed E-state index contributed by atoms with van der Waals surface area (Å²) in [5.41, 5.74) is 0. The van der Waals surface area contributed by atoms with Gasteiger partial charge in [-0.25, -0.2) is 0 Å². The lowest BCUT2D eigenvalue weighted by molar-refractivity contribution is -0.151. The van der Waals surface area contributed by atoms with Gasteiger partial charge in [-0.1, -0.05) is 26.0 Å². The third-order valence-electron chi connectivity index (χ3n) is 3.90. The maximum atomic E-state index is 12.7. The highest BCUT2D eigenvalue weighted by atomic mass is 16.4. The van der Waals surface area contributed by atoms with Gasteiger partial charge in [-0.2, -0.15) is 0 Å². The third-order valence-corrected chi connectivity index (χ3v) is 3.90. The summed E-state index contributed by atoms with van der Waals surface area (Å²) in [6.45, 7) is 4.94. The SMILES string of the molecule is CC(C)CN(C(=O)C1CC=CCC1C(=O)O)C1CC1. The van der Waals surface area contributed by atoms with Gasteiger partial charge in [0.1, 0.15) is 0 Å². The first-order chi connectivity index (χ1) is 9.00. The number of hydrogen-bond donors (Lipinski definition) is 1. The van der Waals surface area contributed by atoms with Gasteiger partial charge >= 0.3 is 5.97 Å². The van der Waals surface area contributed by atoms with E-state index in [4.69, 9.17) is 0 Å². The van der Waals surface area contributed by atoms with E-state index < -0.39 is 11.9 Å². The topological polar surface area (TPSA) is 57.6 Å². The van der Waals surface area contributed by atoms with Crippen LogP contribution < -0.4 is 0 Å². The zero-order chi connectivity index (χ0) is 14.0. The number of allylic oxidation sites excluding steroid dienone is 2. The molecule has 0 bridgehead atoms. The lowest BCUT2D eigenvalue weighted by Gasteiger charge is -2.32. The number of nitrogens with zero attached hydrogens (tertiary/aromatic N) is 1. The summed E-state index contributed by atoms with van der Waals surface area (Å²) >= 11 is 0. The second kappa shape index (κ2) is 5.76. The van der Waals surface area contributed by atoms with E-state index in [2.05, 4.69) is 13.8 Å². The van der Waals surface area contributed by atoms with Crippen molar-refractivity contribution in [3.8, 4) is 0 Å². The molecule has 0 aromatic rings. The van der Waals surface area contributed by atoms with E-state index in [0.29, 0.717) is 24.8 Å². The molecule has 4 nitrogen and oxygen atoms in total. The van der Waals surface area contributed by atoms with Crippen LogP contribution in [0.4, 0.5) is 0 Å². The number of amides is 1. The molecular formula is C15H23NO3. The molecule has 1 amide bonds. The number of carbonyl (C=O) groups excluding carboxylic acids is 1. The highest BCUT2D eigenvalue weighted by Gasteiger charge is 2.41. The van der Waals surface area contributed by atoms with Gasteiger partial charge in [0.05, 0.1) is 11.8 Å². The van der Waals surface area contributed by atoms with Crippen molar-refractivity contribution in [3.05, 3.63) is 12.2 Å². The van der Waals surface area contributed by atoms with Gasteiger partial charge in [0.2, 0.25) is 5.91 Å². The zero-order valence-electron chi connectivity index (χ0n) is 11.7. The summed E-state index contributed by atoms with van der Waals surface area (Å²) in [6.07, 6.45) is 7.01. The Bertz CT molecular complexity index is 385. The van der Waals surface area contributed by atoms with Gasteiger partial charge in [0, 0.05) is 12.6 Å². The Morgan fingerprint density at radius 3 is 2.26 bits per heavy atom. The van der Waals surface area contributed by atoms with Gasteiger partial charge in [0.15, 0.2) is 0 Å². The van der Waals surface area contributed by atoms with Crippen LogP contribution >= 0.6 is 0 Å². The normalized spacial score (nSPS) is 26.5. The fourth-order valence-corrected chi connectivity index (χ4v) is 2.77. The Balaban J connectivity index is 2.10. The summed E-state index contributed by atoms with van der Waals surface area (Å²) in [5, 5.41) is 9.27. The molecule has 0 heterocycles. The van der Waals surface area contributed by atoms with E-state index in [1.165, 1.54) is 0 Å². The predicted octanol–water partition coefficient (Wildman–Crippen LogP) is 2.30. The highest BCUT2D eigenvalue weighted by molar-refractivity contribution is 5.85. The Hall–Kier alpha value is -1.32. The zero-order valence-corrected chi connectivity index (χ0v) is 11.7. The molecule has 4 heteroatoms. The van der Waals surface area contributed by atoms with Crippen LogP contribution in [0.1, 0.15) is 39.5 Å². The summed E-state index contributed by atoms with van der Waals surface area (Å²) in [6, 6.07) is 0.357. The standard InChI is InChI=1S/C15H23NO3/c1-10(2)9-16(11-7-8-11)14(17)12-5-3-4-6-13(12)15(18)19/h3-4,10-13H,5-9H2,1-2H3,(H,18,19). The average molecular weight is 265 g/mol. The minimum absolute atomic E-state index is 0.0490. The van der Waals surface area contributed by atoms with Crippen LogP contribution in [0.15, 0.2) is 12.2 Å². The van der Waals surface area contributed by atoms with E-state index in [9.17, 15) is 14.7 Å². The number of hydrogen-bond acceptors (Lipinski definition) is 2. The number of rotatable bonds is 5. The lowest BCUT2D eigenvalue weighted by atomic mass is 9.82. The fourth-order valence-electron chi connectivity index (χ4n) is 2.77. The summed E-state index contributed by atoms with van der Waals surface area (Å²) < 4.78 is 0. The largest absolute Gasteiger partial charge is 0.481 e. The molecule has 2 atom stereocenters. The Morgan fingerprint density at radius 2 is 1.79 bits per heavy atom. The summed E-state index contributed by atoms with van der Waals surface area (Å²) in [7, 11) is 0. The van der Waals surface area contributed by atoms with E-state index >= 15 is 0 Å². The minimum Gasteiger partial charge on any atom is -0.481 e. The molecular weight excluding hydrogens is 242 g/mol. The number of aliphatic carboxylic acids is 1. The van der Waals surface area contributed by atoms with Crippen molar-refractivity contribution in [1.82, 2.24) is 4.90 Å². The van der Waals surface area contributed by atoms with E-state index in [1.54, 1.807) is 0 Å². The Kier molecular flexibility index (Phi) is 4.27. The number of carbonyl (C=O) groups is 2. The van der Waals surface area contributed by atoms with E-state index in [0.717, 1.165) is 19.4 Å². The Labute approximate surface area is 114 Å². The molecule has 0 radical (unpaired) electrons. The van der Waals surface area contributed by atoms with Crippen molar-refractivity contribution in [3.63, 3.8) is 0 Å². The maximum Gasteiger partial charge on any atom is 0.307 e. The summed E-state index contributed by atoms with van der Waals surface area (Å²) in [5.74, 6) is -1.30. The minimum atomic E-state index is -0.844. The van der Waals surface area contributed by atoms with Crippen molar-refractivity contribution in [2.75, 3.05) is 6.54 Å². The Morgan fingerprint density at radius 1 is 1.21 bits per heavy atom. The van der Waals surface area contributed by atoms with E-state index in [-0.39, 0.29) is 11.8 Å². The highest BCUT2D eigenvalue weighted by Crippen LogP contribution is 2.33. The van der Waals surface area contributed by atoms with Crippen LogP contribution in [0, 0.1) is 17.8 Å². The second-order valence-electron chi connectivity index (χ2n) is 6.11. The molecule has 2 aliphatic carbocycles. The van der Waals surface area contributed by atoms with Crippen LogP contribution in [-0.4, -0.2) is 34.5 Å². The van der Waals surface area contributed by atoms with Crippen molar-refractivity contribution in [2.24, 2.45) is 17.8 Å². The monoisotopic (exact) mass is 265 g/mol. The molecule has 0 aromatic heterocycles. The third kappa shape index (κ3) is 3.37. The molecule has 0 aromatic carbocycles. The van der Waals surface area contributed by atoms with Crippen LogP contribution in [0.25, 0.3) is 0 Å². The smallest absolute Gasteiger partial charge is 0.307 e. The molecule has 19 heavy (non-hydrogen) atoms. The maximum absolute atomic E-state index is 12.7. The fraction of sp³-hybridized carbons (Fsp3) is 0.733. The molecule has 2 aliphatic rings. The molecule has 0 saturated heterocycles. The van der Waals surface area contributed by atoms with Crippen LogP contribution in [0.2, 0.25) is 0 Å². The van der Waals surface area contributed by atoms with Crippen molar-refractivity contribution >= 4 is 11.9 Å². The van der Waals surface area contributed by atoms with Gasteiger partial charge < -0.3 is 10.0 Å². The van der Waals surface area contributed by atoms with Crippen molar-refractivity contribution in [1.29, 1.82) is 0 Å².